The molecule has 3 N–H and O–H groups in total. The Morgan fingerprint density at radius 2 is 1.87 bits per heavy atom. The van der Waals surface area contributed by atoms with E-state index in [1.807, 2.05) is 35.9 Å². The zero-order valence-corrected chi connectivity index (χ0v) is 28.4. The van der Waals surface area contributed by atoms with Crippen LogP contribution in [0.5, 0.6) is 5.75 Å². The van der Waals surface area contributed by atoms with Crippen molar-refractivity contribution >= 4 is 17.3 Å². The van der Waals surface area contributed by atoms with Crippen LogP contribution in [0.25, 0.3) is 11.3 Å². The monoisotopic (exact) mass is 722 g/mol. The highest BCUT2D eigenvalue weighted by molar-refractivity contribution is 7.10. The lowest BCUT2D eigenvalue weighted by Gasteiger charge is -2.32. The number of benzene rings is 3. The van der Waals surface area contributed by atoms with Gasteiger partial charge in [-0.1, -0.05) is 25.1 Å². The van der Waals surface area contributed by atoms with Crippen LogP contribution in [-0.4, -0.2) is 32.4 Å². The minimum atomic E-state index is -1.86. The summed E-state index contributed by atoms with van der Waals surface area (Å²) in [5.41, 5.74) is 8.03. The van der Waals surface area contributed by atoms with E-state index in [0.717, 1.165) is 34.4 Å². The van der Waals surface area contributed by atoms with Gasteiger partial charge in [0.05, 0.1) is 35.3 Å². The molecule has 0 spiro atoms. The maximum absolute atomic E-state index is 15.3. The van der Waals surface area contributed by atoms with Crippen LogP contribution in [0.3, 0.4) is 0 Å². The van der Waals surface area contributed by atoms with Crippen molar-refractivity contribution in [2.75, 3.05) is 6.54 Å². The summed E-state index contributed by atoms with van der Waals surface area (Å²) in [5.74, 6) is -2.23. The first-order valence-electron chi connectivity index (χ1n) is 14.6. The molecule has 0 amide bonds. The fourth-order valence-corrected chi connectivity index (χ4v) is 6.37. The summed E-state index contributed by atoms with van der Waals surface area (Å²) in [5, 5.41) is 28.2. The summed E-state index contributed by atoms with van der Waals surface area (Å²) in [6.45, 7) is 5.96. The second kappa shape index (κ2) is 15.0. The van der Waals surface area contributed by atoms with Gasteiger partial charge < -0.3 is 32.6 Å². The first-order chi connectivity index (χ1) is 22.0. The zero-order valence-electron chi connectivity index (χ0n) is 26.0. The van der Waals surface area contributed by atoms with Gasteiger partial charge in [-0.3, -0.25) is 4.79 Å². The third kappa shape index (κ3) is 7.97. The number of aromatic nitrogens is 4. The number of hydrogen-bond donors (Lipinski definition) is 2. The van der Waals surface area contributed by atoms with Crippen molar-refractivity contribution in [1.29, 1.82) is 5.26 Å². The van der Waals surface area contributed by atoms with Gasteiger partial charge in [0.15, 0.2) is 0 Å². The van der Waals surface area contributed by atoms with Crippen molar-refractivity contribution in [1.82, 2.24) is 14.8 Å². The number of nitrogens with two attached hydrogens (primary N) is 1. The summed E-state index contributed by atoms with van der Waals surface area (Å²) < 4.78 is 38.0. The van der Waals surface area contributed by atoms with E-state index < -0.39 is 23.2 Å². The van der Waals surface area contributed by atoms with E-state index in [2.05, 4.69) is 11.2 Å². The Morgan fingerprint density at radius 3 is 2.51 bits per heavy atom. The molecule has 0 fully saturated rings. The lowest BCUT2D eigenvalue weighted by atomic mass is 9.82. The van der Waals surface area contributed by atoms with E-state index in [0.29, 0.717) is 28.6 Å². The van der Waals surface area contributed by atoms with Crippen molar-refractivity contribution in [3.63, 3.8) is 0 Å². The van der Waals surface area contributed by atoms with E-state index in [1.165, 1.54) is 22.1 Å². The van der Waals surface area contributed by atoms with Crippen LogP contribution in [-0.2, 0) is 23.5 Å². The van der Waals surface area contributed by atoms with E-state index in [-0.39, 0.29) is 48.0 Å². The summed E-state index contributed by atoms with van der Waals surface area (Å²) >= 11 is 1.32. The standard InChI is InChI=1S/C34H33F2N6O3S.BrH/c1-21-12-25(13-22(2)32(21)45-31(43)10-11-37)16-41-19-39-42(20-41)18-34(44,28-9-8-27(35)14-29(28)36)23(3)33-40-30(17-46-33)26-6-4-24(15-38)5-7-26;/h4-9,12-14,17,19-20,23,44H,10-11,16,18,37H2,1-3H3;1H/q+1;/p-1/t23-,34+;/m0./s1. The van der Waals surface area contributed by atoms with E-state index in [9.17, 15) is 14.3 Å². The number of thiazole rings is 1. The minimum absolute atomic E-state index is 0. The van der Waals surface area contributed by atoms with Crippen molar-refractivity contribution in [2.24, 2.45) is 5.73 Å². The van der Waals surface area contributed by atoms with E-state index in [4.69, 9.17) is 20.7 Å². The van der Waals surface area contributed by atoms with Crippen LogP contribution in [0.15, 0.2) is 72.6 Å². The highest BCUT2D eigenvalue weighted by atomic mass is 79.9. The average molecular weight is 724 g/mol. The number of halogens is 3. The molecule has 2 aromatic heterocycles. The smallest absolute Gasteiger partial charge is 0.312 e. The van der Waals surface area contributed by atoms with Crippen molar-refractivity contribution < 1.29 is 45.0 Å². The molecule has 0 saturated heterocycles. The van der Waals surface area contributed by atoms with Gasteiger partial charge in [-0.05, 0) is 60.9 Å². The number of nitrogens with zero attached hydrogens (tertiary/aromatic N) is 5. The molecule has 244 valence electrons. The molecule has 9 nitrogen and oxygen atoms in total. The molecule has 13 heteroatoms. The average Bonchev–Trinajstić information content (AvgIpc) is 3.68. The maximum Gasteiger partial charge on any atom is 0.312 e. The van der Waals surface area contributed by atoms with Gasteiger partial charge in [0.1, 0.15) is 29.5 Å². The molecular formula is C34H33BrF2N6O3S. The van der Waals surface area contributed by atoms with E-state index >= 15 is 4.39 Å². The Morgan fingerprint density at radius 1 is 1.17 bits per heavy atom. The van der Waals surface area contributed by atoms with Crippen LogP contribution in [0, 0.1) is 36.8 Å². The number of carbonyl (C=O) groups is 1. The highest BCUT2D eigenvalue weighted by Crippen LogP contribution is 2.41. The SMILES string of the molecule is Cc1cc(C[n+]2cnn(C[C@](O)(c3ccc(F)cc3F)[C@@H](C)c3nc(-c4ccc(C#N)cc4)cs3)c2)cc(C)c1OC(=O)CCN.[Br-]. The molecule has 5 rings (SSSR count). The number of carbonyl (C=O) groups excluding carboxylic acids is 1. The van der Waals surface area contributed by atoms with Gasteiger partial charge in [0, 0.05) is 40.1 Å². The number of esters is 1. The van der Waals surface area contributed by atoms with Crippen LogP contribution in [0.2, 0.25) is 0 Å². The summed E-state index contributed by atoms with van der Waals surface area (Å²) in [6.07, 6.45) is 3.42. The van der Waals surface area contributed by atoms with Gasteiger partial charge in [-0.25, -0.2) is 18.3 Å². The molecule has 2 heterocycles. The number of ether oxygens (including phenoxy) is 1. The van der Waals surface area contributed by atoms with Gasteiger partial charge in [0.2, 0.25) is 6.33 Å². The van der Waals surface area contributed by atoms with Gasteiger partial charge in [-0.2, -0.15) is 5.26 Å². The van der Waals surface area contributed by atoms with Crippen LogP contribution in [0.4, 0.5) is 8.78 Å². The predicted octanol–water partition coefficient (Wildman–Crippen LogP) is 2.06. The summed E-state index contributed by atoms with van der Waals surface area (Å²) in [4.78, 5) is 16.7. The Kier molecular flexibility index (Phi) is 11.4. The predicted molar refractivity (Wildman–Crippen MR) is 168 cm³/mol. The van der Waals surface area contributed by atoms with Crippen molar-refractivity contribution in [3.8, 4) is 23.1 Å². The molecule has 47 heavy (non-hydrogen) atoms. The highest BCUT2D eigenvalue weighted by Gasteiger charge is 2.43. The number of nitriles is 1. The molecule has 0 aliphatic heterocycles. The fourth-order valence-electron chi connectivity index (χ4n) is 5.39. The molecule has 0 unspecified atom stereocenters. The topological polar surface area (TPSA) is 131 Å². The number of aliphatic hydroxyl groups is 1. The second-order valence-corrected chi connectivity index (χ2v) is 12.1. The molecule has 5 aromatic rings. The third-order valence-corrected chi connectivity index (χ3v) is 8.83. The Hall–Kier alpha value is -4.35. The lowest BCUT2D eigenvalue weighted by molar-refractivity contribution is -0.689. The van der Waals surface area contributed by atoms with E-state index in [1.54, 1.807) is 43.8 Å². The number of aryl methyl sites for hydroxylation is 2. The largest absolute Gasteiger partial charge is 1.00 e. The maximum atomic E-state index is 15.3. The number of rotatable bonds is 11. The molecule has 0 aliphatic carbocycles. The van der Waals surface area contributed by atoms with Crippen molar-refractivity contribution in [2.45, 2.75) is 51.8 Å². The van der Waals surface area contributed by atoms with Gasteiger partial charge >= 0.3 is 5.97 Å². The Labute approximate surface area is 285 Å². The van der Waals surface area contributed by atoms with Crippen LogP contribution < -0.4 is 32.0 Å². The van der Waals surface area contributed by atoms with Gasteiger partial charge in [-0.15, -0.1) is 16.0 Å². The Balaban J connectivity index is 0.00000500. The molecule has 0 radical (unpaired) electrons. The second-order valence-electron chi connectivity index (χ2n) is 11.2. The number of hydrogen-bond acceptors (Lipinski definition) is 8. The van der Waals surface area contributed by atoms with Gasteiger partial charge in [0.25, 0.3) is 6.33 Å². The molecule has 0 bridgehead atoms. The third-order valence-electron chi connectivity index (χ3n) is 7.80. The molecule has 0 aliphatic rings. The first kappa shape index (κ1) is 35.5. The van der Waals surface area contributed by atoms with Crippen LogP contribution in [0.1, 0.15) is 52.1 Å². The zero-order chi connectivity index (χ0) is 33.0. The molecule has 0 saturated carbocycles. The lowest BCUT2D eigenvalue weighted by Crippen LogP contribution is -3.00. The van der Waals surface area contributed by atoms with Crippen molar-refractivity contribution in [3.05, 3.63) is 117 Å². The Bertz CT molecular complexity index is 1900. The molecule has 2 atom stereocenters. The molecule has 3 aromatic carbocycles. The normalized spacial score (nSPS) is 12.9. The summed E-state index contributed by atoms with van der Waals surface area (Å²) in [6, 6.07) is 16.0. The quantitative estimate of drug-likeness (QED) is 0.121. The van der Waals surface area contributed by atoms with Crippen LogP contribution >= 0.6 is 11.3 Å². The fraction of sp³-hybridized carbons (Fsp3) is 0.265. The first-order valence-corrected chi connectivity index (χ1v) is 15.4. The summed E-state index contributed by atoms with van der Waals surface area (Å²) in [7, 11) is 0. The molecular weight excluding hydrogens is 690 g/mol. The minimum Gasteiger partial charge on any atom is -1.00 e.